The number of benzene rings is 1. The van der Waals surface area contributed by atoms with Crippen LogP contribution in [-0.2, 0) is 0 Å². The number of amides is 1. The van der Waals surface area contributed by atoms with E-state index in [4.69, 9.17) is 5.73 Å². The zero-order valence-corrected chi connectivity index (χ0v) is 21.1. The second-order valence-electron chi connectivity index (χ2n) is 8.67. The van der Waals surface area contributed by atoms with E-state index >= 15 is 0 Å². The lowest BCUT2D eigenvalue weighted by Crippen LogP contribution is -2.47. The van der Waals surface area contributed by atoms with Crippen LogP contribution in [0.5, 0.6) is 5.75 Å². The van der Waals surface area contributed by atoms with Crippen LogP contribution < -0.4 is 20.9 Å². The Morgan fingerprint density at radius 1 is 1.10 bits per heavy atom. The van der Waals surface area contributed by atoms with E-state index in [1.165, 1.54) is 6.07 Å². The van der Waals surface area contributed by atoms with Crippen LogP contribution in [0, 0.1) is 11.8 Å². The van der Waals surface area contributed by atoms with Crippen LogP contribution in [0.4, 0.5) is 26.1 Å². The SMILES string of the molecule is Nc1nnc(-c2ccccc2O)cc1N1CCN(c2ccnc(C#CCNC(=O)c3ccn(C(F)F)n3)n2)CC1. The summed E-state index contributed by atoms with van der Waals surface area (Å²) in [6, 6.07) is 11.7. The minimum absolute atomic E-state index is 0.0310. The topological polar surface area (TPSA) is 151 Å². The molecule has 1 saturated heterocycles. The molecule has 1 aromatic carbocycles. The minimum atomic E-state index is -2.82. The second kappa shape index (κ2) is 11.6. The summed E-state index contributed by atoms with van der Waals surface area (Å²) in [6.07, 6.45) is 2.64. The summed E-state index contributed by atoms with van der Waals surface area (Å²) in [5.74, 6) is 6.36. The Balaban J connectivity index is 1.18. The molecule has 5 rings (SSSR count). The Hall–Kier alpha value is -5.32. The number of aromatic hydroxyl groups is 1. The number of nitrogen functional groups attached to an aromatic ring is 1. The first kappa shape index (κ1) is 26.3. The van der Waals surface area contributed by atoms with Gasteiger partial charge in [0.2, 0.25) is 5.82 Å². The van der Waals surface area contributed by atoms with E-state index in [2.05, 4.69) is 52.2 Å². The van der Waals surface area contributed by atoms with Crippen LogP contribution in [0.3, 0.4) is 0 Å². The van der Waals surface area contributed by atoms with Gasteiger partial charge in [-0.15, -0.1) is 10.2 Å². The van der Waals surface area contributed by atoms with E-state index in [0.29, 0.717) is 53.8 Å². The van der Waals surface area contributed by atoms with Gasteiger partial charge >= 0.3 is 6.55 Å². The summed E-state index contributed by atoms with van der Waals surface area (Å²) in [5.41, 5.74) is 7.86. The third-order valence-electron chi connectivity index (χ3n) is 6.15. The highest BCUT2D eigenvalue weighted by molar-refractivity contribution is 5.92. The van der Waals surface area contributed by atoms with Gasteiger partial charge in [-0.3, -0.25) is 4.79 Å². The van der Waals surface area contributed by atoms with Crippen LogP contribution in [0.25, 0.3) is 11.3 Å². The van der Waals surface area contributed by atoms with E-state index in [9.17, 15) is 18.7 Å². The fourth-order valence-electron chi connectivity index (χ4n) is 4.13. The van der Waals surface area contributed by atoms with Gasteiger partial charge in [-0.05, 0) is 36.3 Å². The molecule has 0 saturated carbocycles. The lowest BCUT2D eigenvalue weighted by Gasteiger charge is -2.36. The van der Waals surface area contributed by atoms with Crippen LogP contribution in [-0.4, -0.2) is 73.7 Å². The van der Waals surface area contributed by atoms with Crippen molar-refractivity contribution in [2.24, 2.45) is 0 Å². The van der Waals surface area contributed by atoms with Crippen molar-refractivity contribution in [1.29, 1.82) is 0 Å². The van der Waals surface area contributed by atoms with Gasteiger partial charge in [0.1, 0.15) is 17.3 Å². The molecular formula is C26H24F2N10O2. The number of nitrogens with zero attached hydrogens (tertiary/aromatic N) is 8. The van der Waals surface area contributed by atoms with E-state index in [1.54, 1.807) is 30.5 Å². The summed E-state index contributed by atoms with van der Waals surface area (Å²) >= 11 is 0. The van der Waals surface area contributed by atoms with E-state index in [1.807, 2.05) is 12.1 Å². The number of para-hydroxylation sites is 1. The first-order valence-corrected chi connectivity index (χ1v) is 12.2. The summed E-state index contributed by atoms with van der Waals surface area (Å²) in [7, 11) is 0. The lowest BCUT2D eigenvalue weighted by atomic mass is 10.1. The fraction of sp³-hybridized carbons (Fsp3) is 0.231. The van der Waals surface area contributed by atoms with Gasteiger partial charge < -0.3 is 26.0 Å². The quantitative estimate of drug-likeness (QED) is 0.306. The highest BCUT2D eigenvalue weighted by Gasteiger charge is 2.22. The number of nitrogens with one attached hydrogen (secondary N) is 1. The maximum Gasteiger partial charge on any atom is 0.333 e. The Morgan fingerprint density at radius 3 is 2.62 bits per heavy atom. The molecule has 12 nitrogen and oxygen atoms in total. The summed E-state index contributed by atoms with van der Waals surface area (Å²) in [6.45, 7) is -0.250. The number of aromatic nitrogens is 6. The Labute approximate surface area is 227 Å². The average molecular weight is 547 g/mol. The second-order valence-corrected chi connectivity index (χ2v) is 8.67. The molecule has 0 radical (unpaired) electrons. The monoisotopic (exact) mass is 546 g/mol. The average Bonchev–Trinajstić information content (AvgIpc) is 3.48. The summed E-state index contributed by atoms with van der Waals surface area (Å²) in [4.78, 5) is 24.9. The van der Waals surface area contributed by atoms with E-state index < -0.39 is 12.5 Å². The van der Waals surface area contributed by atoms with Gasteiger partial charge in [-0.2, -0.15) is 13.9 Å². The standard InChI is InChI=1S/C26H24F2N10O2/c27-26(28)38-11-8-18(35-38)25(40)31-9-3-6-22-30-10-7-23(32-22)37-14-12-36(13-15-37)20-16-19(33-34-24(20)29)17-4-1-2-5-21(17)39/h1-2,4-5,7-8,10-11,16,26,39H,9,12-15H2,(H2,29,34)(H,31,40). The third-order valence-corrected chi connectivity index (χ3v) is 6.15. The Kier molecular flexibility index (Phi) is 7.63. The molecule has 3 aromatic heterocycles. The molecule has 0 aliphatic carbocycles. The molecular weight excluding hydrogens is 522 g/mol. The molecule has 1 aliphatic rings. The van der Waals surface area contributed by atoms with E-state index in [0.717, 1.165) is 11.9 Å². The highest BCUT2D eigenvalue weighted by atomic mass is 19.3. The van der Waals surface area contributed by atoms with Gasteiger partial charge in [0.25, 0.3) is 5.91 Å². The predicted molar refractivity (Wildman–Crippen MR) is 143 cm³/mol. The van der Waals surface area contributed by atoms with Crippen LogP contribution in [0.2, 0.25) is 0 Å². The minimum Gasteiger partial charge on any atom is -0.507 e. The van der Waals surface area contributed by atoms with Crippen molar-refractivity contribution in [3.63, 3.8) is 0 Å². The van der Waals surface area contributed by atoms with Crippen molar-refractivity contribution in [2.75, 3.05) is 48.3 Å². The molecule has 4 heterocycles. The van der Waals surface area contributed by atoms with Crippen molar-refractivity contribution >= 4 is 23.2 Å². The molecule has 40 heavy (non-hydrogen) atoms. The number of rotatable bonds is 6. The van der Waals surface area contributed by atoms with Crippen molar-refractivity contribution in [2.45, 2.75) is 6.55 Å². The number of piperazine rings is 1. The largest absolute Gasteiger partial charge is 0.507 e. The number of alkyl halides is 2. The maximum atomic E-state index is 12.6. The zero-order valence-electron chi connectivity index (χ0n) is 21.1. The number of phenolic OH excluding ortho intramolecular Hbond substituents is 1. The van der Waals surface area contributed by atoms with Crippen molar-refractivity contribution < 1.29 is 18.7 Å². The molecule has 0 bridgehead atoms. The van der Waals surface area contributed by atoms with Gasteiger partial charge in [0.05, 0.1) is 17.9 Å². The zero-order chi connectivity index (χ0) is 28.1. The fourth-order valence-corrected chi connectivity index (χ4v) is 4.13. The first-order chi connectivity index (χ1) is 19.4. The molecule has 204 valence electrons. The molecule has 4 N–H and O–H groups in total. The number of carbonyl (C=O) groups is 1. The normalized spacial score (nSPS) is 13.2. The van der Waals surface area contributed by atoms with Crippen LogP contribution in [0.1, 0.15) is 22.9 Å². The molecule has 0 spiro atoms. The van der Waals surface area contributed by atoms with Crippen molar-refractivity contribution in [1.82, 2.24) is 35.3 Å². The lowest BCUT2D eigenvalue weighted by molar-refractivity contribution is 0.0560. The van der Waals surface area contributed by atoms with Gasteiger partial charge in [0.15, 0.2) is 5.82 Å². The molecule has 1 fully saturated rings. The smallest absolute Gasteiger partial charge is 0.333 e. The molecule has 1 amide bonds. The van der Waals surface area contributed by atoms with Crippen molar-refractivity contribution in [3.05, 3.63) is 66.4 Å². The highest BCUT2D eigenvalue weighted by Crippen LogP contribution is 2.31. The molecule has 4 aromatic rings. The van der Waals surface area contributed by atoms with E-state index in [-0.39, 0.29) is 23.8 Å². The number of anilines is 3. The Morgan fingerprint density at radius 2 is 1.88 bits per heavy atom. The summed E-state index contributed by atoms with van der Waals surface area (Å²) < 4.78 is 25.6. The number of nitrogens with two attached hydrogens (primary N) is 1. The number of carbonyl (C=O) groups excluding carboxylic acids is 1. The van der Waals surface area contributed by atoms with Crippen LogP contribution in [0.15, 0.2) is 54.9 Å². The number of halogens is 2. The summed E-state index contributed by atoms with van der Waals surface area (Å²) in [5, 5.41) is 24.4. The number of hydrogen-bond donors (Lipinski definition) is 3. The Bertz CT molecular complexity index is 1570. The molecule has 14 heteroatoms. The third kappa shape index (κ3) is 5.88. The molecule has 1 aliphatic heterocycles. The first-order valence-electron chi connectivity index (χ1n) is 12.2. The van der Waals surface area contributed by atoms with Crippen LogP contribution >= 0.6 is 0 Å². The van der Waals surface area contributed by atoms with Gasteiger partial charge in [-0.1, -0.05) is 18.1 Å². The number of phenols is 1. The maximum absolute atomic E-state index is 12.6. The van der Waals surface area contributed by atoms with Gasteiger partial charge in [0, 0.05) is 44.1 Å². The molecule has 0 atom stereocenters. The number of hydrogen-bond acceptors (Lipinski definition) is 10. The van der Waals surface area contributed by atoms with Gasteiger partial charge in [-0.25, -0.2) is 14.6 Å². The predicted octanol–water partition coefficient (Wildman–Crippen LogP) is 1.92. The van der Waals surface area contributed by atoms with Crippen molar-refractivity contribution in [3.8, 4) is 28.8 Å². The molecule has 0 unspecified atom stereocenters.